The zero-order chi connectivity index (χ0) is 17.4. The molecule has 0 aromatic carbocycles. The van der Waals surface area contributed by atoms with Crippen LogP contribution < -0.4 is 0 Å². The standard InChI is InChI=1S/C20H30FNO2/c1-2-3-4-15-7-11-19(12-8-15)24-20(23)17-9-5-16(6-10-17)13-18(21)14-22/h13,15-17,19H,2-12H2,1H3/t15-,16-,17-,19-. The van der Waals surface area contributed by atoms with Gasteiger partial charge in [0.25, 0.3) is 0 Å². The number of carbonyl (C=O) groups excluding carboxylic acids is 1. The Bertz CT molecular complexity index is 467. The van der Waals surface area contributed by atoms with Crippen molar-refractivity contribution in [3.63, 3.8) is 0 Å². The highest BCUT2D eigenvalue weighted by atomic mass is 19.1. The number of ether oxygens (including phenoxy) is 1. The molecule has 0 aromatic rings. The van der Waals surface area contributed by atoms with Crippen molar-refractivity contribution in [3.05, 3.63) is 11.9 Å². The number of hydrogen-bond donors (Lipinski definition) is 0. The third-order valence-corrected chi connectivity index (χ3v) is 5.64. The Morgan fingerprint density at radius 3 is 2.42 bits per heavy atom. The average Bonchev–Trinajstić information content (AvgIpc) is 2.61. The molecule has 0 N–H and O–H groups in total. The van der Waals surface area contributed by atoms with Gasteiger partial charge in [-0.1, -0.05) is 26.2 Å². The molecule has 134 valence electrons. The van der Waals surface area contributed by atoms with E-state index in [4.69, 9.17) is 10.00 Å². The molecule has 2 rings (SSSR count). The van der Waals surface area contributed by atoms with Crippen LogP contribution in [0, 0.1) is 29.1 Å². The molecule has 2 fully saturated rings. The molecular weight excluding hydrogens is 305 g/mol. The van der Waals surface area contributed by atoms with Crippen molar-refractivity contribution in [2.45, 2.75) is 83.7 Å². The van der Waals surface area contributed by atoms with Crippen LogP contribution >= 0.6 is 0 Å². The number of esters is 1. The van der Waals surface area contributed by atoms with Gasteiger partial charge in [0.15, 0.2) is 5.83 Å². The summed E-state index contributed by atoms with van der Waals surface area (Å²) in [5, 5.41) is 8.49. The molecule has 2 aliphatic rings. The van der Waals surface area contributed by atoms with Crippen LogP contribution in [-0.2, 0) is 9.53 Å². The first kappa shape index (κ1) is 19.0. The molecule has 0 unspecified atom stereocenters. The first-order valence-electron chi connectivity index (χ1n) is 9.60. The van der Waals surface area contributed by atoms with E-state index in [9.17, 15) is 9.18 Å². The summed E-state index contributed by atoms with van der Waals surface area (Å²) >= 11 is 0. The normalized spacial score (nSPS) is 31.3. The molecule has 2 saturated carbocycles. The average molecular weight is 335 g/mol. The summed E-state index contributed by atoms with van der Waals surface area (Å²) < 4.78 is 18.7. The van der Waals surface area contributed by atoms with Crippen LogP contribution in [0.25, 0.3) is 0 Å². The van der Waals surface area contributed by atoms with Crippen LogP contribution in [0.3, 0.4) is 0 Å². The number of unbranched alkanes of at least 4 members (excludes halogenated alkanes) is 1. The van der Waals surface area contributed by atoms with Gasteiger partial charge >= 0.3 is 5.97 Å². The highest BCUT2D eigenvalue weighted by Crippen LogP contribution is 2.34. The van der Waals surface area contributed by atoms with Crippen molar-refractivity contribution in [3.8, 4) is 6.07 Å². The van der Waals surface area contributed by atoms with Crippen molar-refractivity contribution in [1.82, 2.24) is 0 Å². The Labute approximate surface area is 145 Å². The van der Waals surface area contributed by atoms with Crippen molar-refractivity contribution >= 4 is 5.97 Å². The molecular formula is C20H30FNO2. The summed E-state index contributed by atoms with van der Waals surface area (Å²) in [4.78, 5) is 12.3. The van der Waals surface area contributed by atoms with E-state index in [1.165, 1.54) is 44.2 Å². The summed E-state index contributed by atoms with van der Waals surface area (Å²) in [6.45, 7) is 2.23. The van der Waals surface area contributed by atoms with E-state index in [1.807, 2.05) is 0 Å². The number of rotatable bonds is 6. The number of halogens is 1. The largest absolute Gasteiger partial charge is 0.462 e. The van der Waals surface area contributed by atoms with E-state index in [0.717, 1.165) is 44.4 Å². The van der Waals surface area contributed by atoms with Crippen LogP contribution in [0.1, 0.15) is 77.6 Å². The topological polar surface area (TPSA) is 50.1 Å². The number of nitrogens with zero attached hydrogens (tertiary/aromatic N) is 1. The first-order valence-corrected chi connectivity index (χ1v) is 9.60. The number of allylic oxidation sites excluding steroid dienone is 2. The smallest absolute Gasteiger partial charge is 0.309 e. The fourth-order valence-electron chi connectivity index (χ4n) is 4.06. The molecule has 0 radical (unpaired) electrons. The van der Waals surface area contributed by atoms with E-state index in [2.05, 4.69) is 6.92 Å². The molecule has 0 aromatic heterocycles. The minimum Gasteiger partial charge on any atom is -0.462 e. The van der Waals surface area contributed by atoms with Crippen LogP contribution in [-0.4, -0.2) is 12.1 Å². The van der Waals surface area contributed by atoms with E-state index >= 15 is 0 Å². The molecule has 3 nitrogen and oxygen atoms in total. The first-order chi connectivity index (χ1) is 11.6. The van der Waals surface area contributed by atoms with Crippen molar-refractivity contribution in [2.24, 2.45) is 17.8 Å². The minimum atomic E-state index is -0.708. The lowest BCUT2D eigenvalue weighted by atomic mass is 9.81. The molecule has 0 amide bonds. The quantitative estimate of drug-likeness (QED) is 0.478. The van der Waals surface area contributed by atoms with Gasteiger partial charge in [-0.3, -0.25) is 4.79 Å². The summed E-state index contributed by atoms with van der Waals surface area (Å²) in [6, 6.07) is 1.52. The number of nitriles is 1. The fourth-order valence-corrected chi connectivity index (χ4v) is 4.06. The Morgan fingerprint density at radius 1 is 1.17 bits per heavy atom. The number of hydrogen-bond acceptors (Lipinski definition) is 3. The minimum absolute atomic E-state index is 0.0439. The fraction of sp³-hybridized carbons (Fsp3) is 0.800. The van der Waals surface area contributed by atoms with Crippen molar-refractivity contribution in [1.29, 1.82) is 5.26 Å². The molecule has 0 heterocycles. The summed E-state index contributed by atoms with van der Waals surface area (Å²) in [5.74, 6) is 0.0912. The van der Waals surface area contributed by atoms with Crippen LogP contribution in [0.5, 0.6) is 0 Å². The lowest BCUT2D eigenvalue weighted by Crippen LogP contribution is -2.30. The SMILES string of the molecule is CCCC[C@H]1CC[C@H](OC(=O)[C@H]2CC[C@H](C=C(F)C#N)CC2)CC1. The Kier molecular flexibility index (Phi) is 7.75. The monoisotopic (exact) mass is 335 g/mol. The molecule has 4 heteroatoms. The lowest BCUT2D eigenvalue weighted by molar-refractivity contribution is -0.157. The molecule has 0 aliphatic heterocycles. The van der Waals surface area contributed by atoms with Crippen LogP contribution in [0.15, 0.2) is 11.9 Å². The van der Waals surface area contributed by atoms with Gasteiger partial charge in [-0.15, -0.1) is 0 Å². The van der Waals surface area contributed by atoms with Crippen molar-refractivity contribution in [2.75, 3.05) is 0 Å². The highest BCUT2D eigenvalue weighted by Gasteiger charge is 2.30. The highest BCUT2D eigenvalue weighted by molar-refractivity contribution is 5.72. The van der Waals surface area contributed by atoms with E-state index in [0.29, 0.717) is 0 Å². The third kappa shape index (κ3) is 5.92. The molecule has 2 aliphatic carbocycles. The van der Waals surface area contributed by atoms with Gasteiger partial charge in [0.05, 0.1) is 5.92 Å². The Morgan fingerprint density at radius 2 is 1.83 bits per heavy atom. The molecule has 0 saturated heterocycles. The van der Waals surface area contributed by atoms with E-state index in [1.54, 1.807) is 0 Å². The van der Waals surface area contributed by atoms with E-state index in [-0.39, 0.29) is 23.9 Å². The Hall–Kier alpha value is -1.37. The maximum atomic E-state index is 13.0. The molecule has 24 heavy (non-hydrogen) atoms. The van der Waals surface area contributed by atoms with Gasteiger partial charge in [0, 0.05) is 0 Å². The van der Waals surface area contributed by atoms with Gasteiger partial charge in [-0.25, -0.2) is 0 Å². The second-order valence-corrected chi connectivity index (χ2v) is 7.46. The zero-order valence-electron chi connectivity index (χ0n) is 14.8. The van der Waals surface area contributed by atoms with Gasteiger partial charge in [0.2, 0.25) is 0 Å². The maximum Gasteiger partial charge on any atom is 0.309 e. The van der Waals surface area contributed by atoms with Gasteiger partial charge in [-0.2, -0.15) is 9.65 Å². The summed E-state index contributed by atoms with van der Waals surface area (Å²) in [7, 11) is 0. The lowest BCUT2D eigenvalue weighted by Gasteiger charge is -2.31. The predicted octanol–water partition coefficient (Wildman–Crippen LogP) is 5.46. The van der Waals surface area contributed by atoms with E-state index < -0.39 is 5.83 Å². The van der Waals surface area contributed by atoms with Gasteiger partial charge in [-0.05, 0) is 69.3 Å². The third-order valence-electron chi connectivity index (χ3n) is 5.64. The summed E-state index contributed by atoms with van der Waals surface area (Å²) in [6.07, 6.45) is 12.8. The maximum absolute atomic E-state index is 13.0. The number of carbonyl (C=O) groups is 1. The molecule has 0 atom stereocenters. The second-order valence-electron chi connectivity index (χ2n) is 7.46. The molecule has 0 bridgehead atoms. The van der Waals surface area contributed by atoms with Crippen LogP contribution in [0.2, 0.25) is 0 Å². The van der Waals surface area contributed by atoms with Crippen molar-refractivity contribution < 1.29 is 13.9 Å². The summed E-state index contributed by atoms with van der Waals surface area (Å²) in [5.41, 5.74) is 0. The molecule has 0 spiro atoms. The van der Waals surface area contributed by atoms with Gasteiger partial charge in [0.1, 0.15) is 12.2 Å². The zero-order valence-corrected chi connectivity index (χ0v) is 14.8. The Balaban J connectivity index is 1.68. The van der Waals surface area contributed by atoms with Gasteiger partial charge < -0.3 is 4.74 Å². The predicted molar refractivity (Wildman–Crippen MR) is 91.6 cm³/mol. The van der Waals surface area contributed by atoms with Crippen LogP contribution in [0.4, 0.5) is 4.39 Å². The second kappa shape index (κ2) is 9.81.